The number of carbonyl (C=O) groups excluding carboxylic acids is 2. The van der Waals surface area contributed by atoms with Crippen LogP contribution in [0.15, 0.2) is 42.5 Å². The Morgan fingerprint density at radius 1 is 1.08 bits per heavy atom. The van der Waals surface area contributed by atoms with Gasteiger partial charge in [0.2, 0.25) is 21.8 Å². The highest BCUT2D eigenvalue weighted by Gasteiger charge is 2.33. The van der Waals surface area contributed by atoms with Gasteiger partial charge in [-0.1, -0.05) is 56.0 Å². The zero-order chi connectivity index (χ0) is 27.2. The molecule has 0 unspecified atom stereocenters. The minimum atomic E-state index is -4.06. The summed E-state index contributed by atoms with van der Waals surface area (Å²) in [6.45, 7) is 1.02. The van der Waals surface area contributed by atoms with Crippen LogP contribution in [-0.2, 0) is 26.2 Å². The molecule has 1 saturated carbocycles. The number of halogens is 3. The Balaban J connectivity index is 1.93. The minimum Gasteiger partial charge on any atom is -0.352 e. The van der Waals surface area contributed by atoms with Gasteiger partial charge in [-0.3, -0.25) is 13.9 Å². The lowest BCUT2D eigenvalue weighted by Gasteiger charge is -2.34. The number of benzene rings is 2. The van der Waals surface area contributed by atoms with Gasteiger partial charge in [-0.25, -0.2) is 17.2 Å². The van der Waals surface area contributed by atoms with Crippen LogP contribution in [0.4, 0.5) is 14.5 Å². The summed E-state index contributed by atoms with van der Waals surface area (Å²) in [5, 5.41) is 3.44. The molecule has 0 heterocycles. The Labute approximate surface area is 221 Å². The van der Waals surface area contributed by atoms with E-state index in [4.69, 9.17) is 11.6 Å². The van der Waals surface area contributed by atoms with Crippen molar-refractivity contribution in [2.75, 3.05) is 17.1 Å². The van der Waals surface area contributed by atoms with E-state index in [0.717, 1.165) is 56.6 Å². The van der Waals surface area contributed by atoms with Gasteiger partial charge < -0.3 is 10.2 Å². The van der Waals surface area contributed by atoms with Crippen LogP contribution in [0.1, 0.15) is 51.0 Å². The number of sulfonamides is 1. The standard InChI is InChI=1S/C26H32ClF2N3O4S/c1-3-24(26(34)30-19-10-5-4-6-11-19)31(16-18-9-7-8-12-21(18)27)25(33)17-32(37(2,35)36)20-13-14-22(28)23(29)15-20/h7-9,12-15,19,24H,3-6,10-11,16-17H2,1-2H3,(H,30,34)/t24-/m0/s1. The number of hydrogen-bond donors (Lipinski definition) is 1. The summed E-state index contributed by atoms with van der Waals surface area (Å²) in [6, 6.07) is 8.58. The normalized spacial score (nSPS) is 15.2. The Hall–Kier alpha value is -2.72. The van der Waals surface area contributed by atoms with Gasteiger partial charge in [-0.05, 0) is 43.0 Å². The molecule has 1 aliphatic carbocycles. The van der Waals surface area contributed by atoms with Crippen LogP contribution >= 0.6 is 11.6 Å². The van der Waals surface area contributed by atoms with Crippen molar-refractivity contribution in [1.29, 1.82) is 0 Å². The Kier molecular flexibility index (Phi) is 9.89. The number of nitrogens with zero attached hydrogens (tertiary/aromatic N) is 2. The fraction of sp³-hybridized carbons (Fsp3) is 0.462. The molecule has 37 heavy (non-hydrogen) atoms. The lowest BCUT2D eigenvalue weighted by Crippen LogP contribution is -2.54. The topological polar surface area (TPSA) is 86.8 Å². The first kappa shape index (κ1) is 28.8. The SMILES string of the molecule is CC[C@@H](C(=O)NC1CCCCC1)N(Cc1ccccc1Cl)C(=O)CN(c1ccc(F)c(F)c1)S(C)(=O)=O. The molecule has 11 heteroatoms. The average molecular weight is 556 g/mol. The van der Waals surface area contributed by atoms with Crippen molar-refractivity contribution in [3.63, 3.8) is 0 Å². The maximum atomic E-state index is 13.9. The molecule has 0 aromatic heterocycles. The lowest BCUT2D eigenvalue weighted by atomic mass is 9.95. The highest BCUT2D eigenvalue weighted by atomic mass is 35.5. The van der Waals surface area contributed by atoms with Crippen LogP contribution in [0.25, 0.3) is 0 Å². The van der Waals surface area contributed by atoms with Crippen molar-refractivity contribution < 1.29 is 26.8 Å². The third kappa shape index (κ3) is 7.64. The molecule has 0 radical (unpaired) electrons. The quantitative estimate of drug-likeness (QED) is 0.463. The molecule has 7 nitrogen and oxygen atoms in total. The summed E-state index contributed by atoms with van der Waals surface area (Å²) in [7, 11) is -4.06. The van der Waals surface area contributed by atoms with Crippen LogP contribution in [0.5, 0.6) is 0 Å². The highest BCUT2D eigenvalue weighted by Crippen LogP contribution is 2.24. The number of hydrogen-bond acceptors (Lipinski definition) is 4. The van der Waals surface area contributed by atoms with Gasteiger partial charge in [0.15, 0.2) is 11.6 Å². The molecule has 2 aromatic carbocycles. The Morgan fingerprint density at radius 3 is 2.35 bits per heavy atom. The summed E-state index contributed by atoms with van der Waals surface area (Å²) >= 11 is 6.34. The van der Waals surface area contributed by atoms with Crippen molar-refractivity contribution >= 4 is 39.1 Å². The number of anilines is 1. The van der Waals surface area contributed by atoms with Gasteiger partial charge in [0.25, 0.3) is 0 Å². The maximum absolute atomic E-state index is 13.9. The summed E-state index contributed by atoms with van der Waals surface area (Å²) in [5.74, 6) is -3.40. The van der Waals surface area contributed by atoms with Gasteiger partial charge in [0.1, 0.15) is 12.6 Å². The number of amides is 2. The van der Waals surface area contributed by atoms with Crippen LogP contribution in [0.2, 0.25) is 5.02 Å². The van der Waals surface area contributed by atoms with Crippen LogP contribution in [-0.4, -0.2) is 50.0 Å². The second-order valence-corrected chi connectivity index (χ2v) is 11.6. The molecule has 0 saturated heterocycles. The average Bonchev–Trinajstić information content (AvgIpc) is 2.85. The molecule has 2 amide bonds. The largest absolute Gasteiger partial charge is 0.352 e. The molecular formula is C26H32ClF2N3O4S. The monoisotopic (exact) mass is 555 g/mol. The molecule has 0 bridgehead atoms. The Bertz CT molecular complexity index is 1220. The van der Waals surface area contributed by atoms with Crippen molar-refractivity contribution in [3.8, 4) is 0 Å². The van der Waals surface area contributed by atoms with E-state index in [9.17, 15) is 26.8 Å². The first-order chi connectivity index (χ1) is 17.5. The Morgan fingerprint density at radius 2 is 1.76 bits per heavy atom. The molecule has 0 spiro atoms. The van der Waals surface area contributed by atoms with Crippen molar-refractivity contribution in [2.24, 2.45) is 0 Å². The van der Waals surface area contributed by atoms with Gasteiger partial charge in [-0.15, -0.1) is 0 Å². The zero-order valence-corrected chi connectivity index (χ0v) is 22.5. The second kappa shape index (κ2) is 12.7. The predicted octanol–water partition coefficient (Wildman–Crippen LogP) is 4.64. The third-order valence-corrected chi connectivity index (χ3v) is 8.02. The molecule has 2 aromatic rings. The first-order valence-corrected chi connectivity index (χ1v) is 14.5. The minimum absolute atomic E-state index is 0.0160. The maximum Gasteiger partial charge on any atom is 0.244 e. The molecule has 3 rings (SSSR count). The molecule has 1 atom stereocenters. The summed E-state index contributed by atoms with van der Waals surface area (Å²) in [4.78, 5) is 28.3. The van der Waals surface area contributed by atoms with Crippen molar-refractivity contribution in [2.45, 2.75) is 64.1 Å². The highest BCUT2D eigenvalue weighted by molar-refractivity contribution is 7.92. The summed E-state index contributed by atoms with van der Waals surface area (Å²) in [5.41, 5.74) is 0.382. The van der Waals surface area contributed by atoms with Gasteiger partial charge in [-0.2, -0.15) is 0 Å². The van der Waals surface area contributed by atoms with E-state index >= 15 is 0 Å². The van der Waals surface area contributed by atoms with E-state index < -0.39 is 40.2 Å². The van der Waals surface area contributed by atoms with E-state index in [1.807, 2.05) is 0 Å². The molecule has 1 N–H and O–H groups in total. The van der Waals surface area contributed by atoms with E-state index in [2.05, 4.69) is 5.32 Å². The van der Waals surface area contributed by atoms with E-state index in [1.54, 1.807) is 31.2 Å². The molecule has 1 aliphatic rings. The fourth-order valence-electron chi connectivity index (χ4n) is 4.53. The zero-order valence-electron chi connectivity index (χ0n) is 20.9. The van der Waals surface area contributed by atoms with Crippen LogP contribution < -0.4 is 9.62 Å². The predicted molar refractivity (Wildman–Crippen MR) is 140 cm³/mol. The molecule has 0 aliphatic heterocycles. The van der Waals surface area contributed by atoms with Crippen LogP contribution in [0, 0.1) is 11.6 Å². The third-order valence-electron chi connectivity index (χ3n) is 6.51. The molecule has 1 fully saturated rings. The van der Waals surface area contributed by atoms with E-state index in [1.165, 1.54) is 4.90 Å². The van der Waals surface area contributed by atoms with E-state index in [0.29, 0.717) is 14.9 Å². The summed E-state index contributed by atoms with van der Waals surface area (Å²) in [6.07, 6.45) is 6.01. The molecule has 202 valence electrons. The van der Waals surface area contributed by atoms with Gasteiger partial charge >= 0.3 is 0 Å². The van der Waals surface area contributed by atoms with Crippen LogP contribution in [0.3, 0.4) is 0 Å². The molecular weight excluding hydrogens is 524 g/mol. The van der Waals surface area contributed by atoms with Gasteiger partial charge in [0, 0.05) is 23.7 Å². The second-order valence-electron chi connectivity index (χ2n) is 9.25. The number of carbonyl (C=O) groups is 2. The number of nitrogens with one attached hydrogen (secondary N) is 1. The smallest absolute Gasteiger partial charge is 0.244 e. The fourth-order valence-corrected chi connectivity index (χ4v) is 5.56. The van der Waals surface area contributed by atoms with E-state index in [-0.39, 0.29) is 30.6 Å². The summed E-state index contributed by atoms with van der Waals surface area (Å²) < 4.78 is 53.2. The first-order valence-electron chi connectivity index (χ1n) is 12.3. The number of rotatable bonds is 10. The van der Waals surface area contributed by atoms with Crippen molar-refractivity contribution in [1.82, 2.24) is 10.2 Å². The lowest BCUT2D eigenvalue weighted by molar-refractivity contribution is -0.140. The van der Waals surface area contributed by atoms with Gasteiger partial charge in [0.05, 0.1) is 11.9 Å². The van der Waals surface area contributed by atoms with Crippen molar-refractivity contribution in [3.05, 3.63) is 64.7 Å².